The molecular weight excluding hydrogens is 388 g/mol. The van der Waals surface area contributed by atoms with E-state index in [1.807, 2.05) is 42.5 Å². The molecule has 0 saturated heterocycles. The third kappa shape index (κ3) is 2.55. The molecule has 0 bridgehead atoms. The predicted octanol–water partition coefficient (Wildman–Crippen LogP) is 3.82. The number of nitrogens with zero attached hydrogens (tertiary/aromatic N) is 1. The molecule has 29 heavy (non-hydrogen) atoms. The van der Waals surface area contributed by atoms with Crippen molar-refractivity contribution in [2.24, 2.45) is 0 Å². The summed E-state index contributed by atoms with van der Waals surface area (Å²) >= 11 is 1.59. The molecule has 6 nitrogen and oxygen atoms in total. The molecule has 3 aromatic carbocycles. The van der Waals surface area contributed by atoms with Crippen LogP contribution in [-0.2, 0) is 19.9 Å². The fourth-order valence-electron chi connectivity index (χ4n) is 3.71. The quantitative estimate of drug-likeness (QED) is 0.400. The lowest BCUT2D eigenvalue weighted by Gasteiger charge is -2.20. The van der Waals surface area contributed by atoms with E-state index < -0.39 is 17.5 Å². The van der Waals surface area contributed by atoms with Crippen molar-refractivity contribution in [3.8, 4) is 10.6 Å². The van der Waals surface area contributed by atoms with Gasteiger partial charge in [-0.15, -0.1) is 11.3 Å². The van der Waals surface area contributed by atoms with Crippen molar-refractivity contribution in [3.05, 3.63) is 60.2 Å². The van der Waals surface area contributed by atoms with E-state index >= 15 is 0 Å². The highest BCUT2D eigenvalue weighted by molar-refractivity contribution is 7.21. The van der Waals surface area contributed by atoms with E-state index in [0.717, 1.165) is 26.2 Å². The fraction of sp³-hybridized carbons (Fsp3) is 0.136. The molecule has 144 valence electrons. The number of hydrogen-bond acceptors (Lipinski definition) is 6. The smallest absolute Gasteiger partial charge is 0.353 e. The van der Waals surface area contributed by atoms with Crippen molar-refractivity contribution in [1.82, 2.24) is 4.98 Å². The molecule has 0 aliphatic carbocycles. The summed E-state index contributed by atoms with van der Waals surface area (Å²) in [5, 5.41) is 15.9. The van der Waals surface area contributed by atoms with Crippen molar-refractivity contribution in [3.63, 3.8) is 0 Å². The predicted molar refractivity (Wildman–Crippen MR) is 112 cm³/mol. The number of carbonyl (C=O) groups is 2. The maximum Gasteiger partial charge on any atom is 0.353 e. The van der Waals surface area contributed by atoms with Crippen LogP contribution in [0.4, 0.5) is 5.69 Å². The first kappa shape index (κ1) is 17.8. The second kappa shape index (κ2) is 6.37. The summed E-state index contributed by atoms with van der Waals surface area (Å²) < 4.78 is 6.07. The summed E-state index contributed by atoms with van der Waals surface area (Å²) in [6, 6.07) is 17.1. The van der Waals surface area contributed by atoms with Crippen LogP contribution in [0.1, 0.15) is 12.5 Å². The van der Waals surface area contributed by atoms with Gasteiger partial charge in [-0.2, -0.15) is 0 Å². The van der Waals surface area contributed by atoms with Gasteiger partial charge in [0.25, 0.3) is 11.5 Å². The number of thiazole rings is 1. The van der Waals surface area contributed by atoms with Crippen molar-refractivity contribution < 1.29 is 19.4 Å². The summed E-state index contributed by atoms with van der Waals surface area (Å²) in [5.74, 6) is -1.77. The van der Waals surface area contributed by atoms with E-state index in [2.05, 4.69) is 10.3 Å². The molecule has 0 spiro atoms. The van der Waals surface area contributed by atoms with E-state index in [-0.39, 0.29) is 12.2 Å². The van der Waals surface area contributed by atoms with Gasteiger partial charge in [0, 0.05) is 16.8 Å². The number of ether oxygens (including phenoxy) is 1. The Morgan fingerprint density at radius 1 is 1.21 bits per heavy atom. The zero-order chi connectivity index (χ0) is 20.2. The number of anilines is 1. The number of nitrogens with one attached hydrogen (secondary N) is 1. The number of fused-ring (bicyclic) bond motifs is 4. The first-order valence-corrected chi connectivity index (χ1v) is 9.98. The van der Waals surface area contributed by atoms with E-state index in [1.165, 1.54) is 0 Å². The minimum Gasteiger partial charge on any atom is -0.463 e. The Labute approximate surface area is 169 Å². The Morgan fingerprint density at radius 3 is 2.83 bits per heavy atom. The first-order chi connectivity index (χ1) is 14.0. The lowest BCUT2D eigenvalue weighted by molar-refractivity contribution is -0.169. The Kier molecular flexibility index (Phi) is 3.90. The SMILES string of the molecule is CCOC(=O)C1(O)C(=O)Nc2ccc3cc(-c4nc5ccccc5s4)ccc3c21. The summed E-state index contributed by atoms with van der Waals surface area (Å²) in [7, 11) is 0. The number of aromatic nitrogens is 1. The van der Waals surface area contributed by atoms with Crippen LogP contribution in [0.2, 0.25) is 0 Å². The van der Waals surface area contributed by atoms with Gasteiger partial charge in [0.2, 0.25) is 0 Å². The summed E-state index contributed by atoms with van der Waals surface area (Å²) in [5.41, 5.74) is 0.145. The molecule has 2 heterocycles. The van der Waals surface area contributed by atoms with Crippen LogP contribution >= 0.6 is 11.3 Å². The van der Waals surface area contributed by atoms with E-state index in [0.29, 0.717) is 11.1 Å². The van der Waals surface area contributed by atoms with Gasteiger partial charge in [-0.05, 0) is 42.0 Å². The van der Waals surface area contributed by atoms with E-state index in [1.54, 1.807) is 30.4 Å². The molecule has 4 aromatic rings. The lowest BCUT2D eigenvalue weighted by atomic mass is 9.90. The highest BCUT2D eigenvalue weighted by atomic mass is 32.1. The van der Waals surface area contributed by atoms with Crippen LogP contribution in [0.15, 0.2) is 54.6 Å². The van der Waals surface area contributed by atoms with Gasteiger partial charge < -0.3 is 15.2 Å². The van der Waals surface area contributed by atoms with Crippen LogP contribution in [0.25, 0.3) is 31.6 Å². The monoisotopic (exact) mass is 404 g/mol. The second-order valence-electron chi connectivity index (χ2n) is 6.80. The van der Waals surface area contributed by atoms with Crippen molar-refractivity contribution in [1.29, 1.82) is 0 Å². The highest BCUT2D eigenvalue weighted by Crippen LogP contribution is 2.43. The number of esters is 1. The van der Waals surface area contributed by atoms with Gasteiger partial charge in [0.05, 0.1) is 16.8 Å². The zero-order valence-electron chi connectivity index (χ0n) is 15.4. The molecule has 5 rings (SSSR count). The molecule has 1 aliphatic heterocycles. The number of aliphatic hydroxyl groups is 1. The number of benzene rings is 3. The molecular formula is C22H16N2O4S. The van der Waals surface area contributed by atoms with Crippen molar-refractivity contribution in [2.45, 2.75) is 12.5 Å². The Morgan fingerprint density at radius 2 is 2.03 bits per heavy atom. The zero-order valence-corrected chi connectivity index (χ0v) is 16.2. The molecule has 0 fully saturated rings. The van der Waals surface area contributed by atoms with E-state index in [9.17, 15) is 14.7 Å². The van der Waals surface area contributed by atoms with Crippen LogP contribution < -0.4 is 5.32 Å². The lowest BCUT2D eigenvalue weighted by Crippen LogP contribution is -2.43. The summed E-state index contributed by atoms with van der Waals surface area (Å²) in [6.07, 6.45) is 0. The largest absolute Gasteiger partial charge is 0.463 e. The van der Waals surface area contributed by atoms with Crippen LogP contribution in [-0.4, -0.2) is 28.6 Å². The average Bonchev–Trinajstić information content (AvgIpc) is 3.27. The molecule has 1 atom stereocenters. The molecule has 1 unspecified atom stereocenters. The van der Waals surface area contributed by atoms with Gasteiger partial charge in [-0.1, -0.05) is 30.3 Å². The van der Waals surface area contributed by atoms with Gasteiger partial charge in [-0.3, -0.25) is 4.79 Å². The number of rotatable bonds is 3. The molecule has 1 aromatic heterocycles. The maximum atomic E-state index is 12.4. The highest BCUT2D eigenvalue weighted by Gasteiger charge is 2.54. The topological polar surface area (TPSA) is 88.5 Å². The Balaban J connectivity index is 1.67. The second-order valence-corrected chi connectivity index (χ2v) is 7.83. The van der Waals surface area contributed by atoms with Gasteiger partial charge in [0.1, 0.15) is 5.01 Å². The molecule has 0 radical (unpaired) electrons. The summed E-state index contributed by atoms with van der Waals surface area (Å²) in [6.45, 7) is 1.69. The minimum atomic E-state index is -2.36. The molecule has 0 saturated carbocycles. The van der Waals surface area contributed by atoms with Crippen LogP contribution in [0, 0.1) is 0 Å². The van der Waals surface area contributed by atoms with Crippen LogP contribution in [0.5, 0.6) is 0 Å². The maximum absolute atomic E-state index is 12.4. The van der Waals surface area contributed by atoms with Crippen LogP contribution in [0.3, 0.4) is 0 Å². The Bertz CT molecular complexity index is 1280. The molecule has 1 amide bonds. The number of carbonyl (C=O) groups excluding carboxylic acids is 2. The number of para-hydroxylation sites is 1. The number of amides is 1. The fourth-order valence-corrected chi connectivity index (χ4v) is 4.67. The number of hydrogen-bond donors (Lipinski definition) is 2. The third-order valence-electron chi connectivity index (χ3n) is 5.07. The normalized spacial score (nSPS) is 18.1. The van der Waals surface area contributed by atoms with Crippen molar-refractivity contribution >= 4 is 49.9 Å². The first-order valence-electron chi connectivity index (χ1n) is 9.16. The van der Waals surface area contributed by atoms with Gasteiger partial charge >= 0.3 is 5.97 Å². The minimum absolute atomic E-state index is 0.0658. The third-order valence-corrected chi connectivity index (χ3v) is 6.16. The average molecular weight is 404 g/mol. The van der Waals surface area contributed by atoms with Crippen molar-refractivity contribution in [2.75, 3.05) is 11.9 Å². The molecule has 1 aliphatic rings. The van der Waals surface area contributed by atoms with E-state index in [4.69, 9.17) is 4.74 Å². The van der Waals surface area contributed by atoms with Gasteiger partial charge in [0.15, 0.2) is 0 Å². The summed E-state index contributed by atoms with van der Waals surface area (Å²) in [4.78, 5) is 29.5. The standard InChI is InChI=1S/C22H16N2O4S/c1-2-28-21(26)22(27)18-14-9-7-13(11-12(14)8-10-16(18)24-20(22)25)19-23-15-5-3-4-6-17(15)29-19/h3-11,27H,2H2,1H3,(H,24,25). The molecule has 7 heteroatoms. The van der Waals surface area contributed by atoms with Gasteiger partial charge in [-0.25, -0.2) is 9.78 Å². The molecule has 2 N–H and O–H groups in total. The Hall–Kier alpha value is -3.29.